The van der Waals surface area contributed by atoms with Crippen LogP contribution in [0.1, 0.15) is 37.8 Å². The van der Waals surface area contributed by atoms with Gasteiger partial charge in [0.1, 0.15) is 11.5 Å². The van der Waals surface area contributed by atoms with Gasteiger partial charge in [-0.3, -0.25) is 0 Å². The Morgan fingerprint density at radius 2 is 1.65 bits per heavy atom. The van der Waals surface area contributed by atoms with E-state index in [1.807, 2.05) is 6.07 Å². The number of rotatable bonds is 11. The summed E-state index contributed by atoms with van der Waals surface area (Å²) in [4.78, 5) is 2.54. The molecule has 0 N–H and O–H groups in total. The van der Waals surface area contributed by atoms with E-state index < -0.39 is 0 Å². The van der Waals surface area contributed by atoms with Crippen LogP contribution in [0.4, 0.5) is 0 Å². The maximum atomic E-state index is 5.99. The van der Waals surface area contributed by atoms with Crippen molar-refractivity contribution in [3.8, 4) is 11.5 Å². The summed E-state index contributed by atoms with van der Waals surface area (Å²) in [6.07, 6.45) is 1.92. The van der Waals surface area contributed by atoms with Gasteiger partial charge in [-0.1, -0.05) is 32.0 Å². The number of hydrogen-bond donors (Lipinski definition) is 0. The van der Waals surface area contributed by atoms with Crippen molar-refractivity contribution in [3.05, 3.63) is 58.1 Å². The lowest BCUT2D eigenvalue weighted by Crippen LogP contribution is -2.33. The smallest absolute Gasteiger partial charge is 0.133 e. The molecule has 31 heavy (non-hydrogen) atoms. The Labute approximate surface area is 205 Å². The van der Waals surface area contributed by atoms with Crippen molar-refractivity contribution in [3.63, 3.8) is 0 Å². The summed E-state index contributed by atoms with van der Waals surface area (Å²) in [5, 5.41) is 0. The maximum Gasteiger partial charge on any atom is 0.133 e. The van der Waals surface area contributed by atoms with Gasteiger partial charge in [0.05, 0.1) is 17.7 Å². The Morgan fingerprint density at radius 1 is 0.968 bits per heavy atom. The summed E-state index contributed by atoms with van der Waals surface area (Å²) in [5.74, 6) is 4.94. The molecular weight excluding hydrogens is 494 g/mol. The van der Waals surface area contributed by atoms with Crippen molar-refractivity contribution in [2.24, 2.45) is 0 Å². The molecule has 1 saturated heterocycles. The van der Waals surface area contributed by atoms with E-state index in [1.54, 1.807) is 0 Å². The molecule has 0 radical (unpaired) electrons. The first kappa shape index (κ1) is 24.8. The fourth-order valence-electron chi connectivity index (χ4n) is 3.68. The molecule has 0 aromatic heterocycles. The SMILES string of the molecule is CC(C)(c1ccc(OCCCN2CCSCC2)cc1)c1ccc(OCCCCl)c(Br)c1. The van der Waals surface area contributed by atoms with E-state index in [0.717, 1.165) is 42.0 Å². The van der Waals surface area contributed by atoms with Gasteiger partial charge in [0.25, 0.3) is 0 Å². The summed E-state index contributed by atoms with van der Waals surface area (Å²) in [6, 6.07) is 14.9. The van der Waals surface area contributed by atoms with Crippen LogP contribution < -0.4 is 9.47 Å². The lowest BCUT2D eigenvalue weighted by molar-refractivity contribution is 0.248. The second kappa shape index (κ2) is 12.4. The number of benzene rings is 2. The normalized spacial score (nSPS) is 15.1. The number of thioether (sulfide) groups is 1. The summed E-state index contributed by atoms with van der Waals surface area (Å²) in [6.45, 7) is 9.45. The molecule has 0 bridgehead atoms. The lowest BCUT2D eigenvalue weighted by atomic mass is 9.78. The van der Waals surface area contributed by atoms with E-state index in [1.165, 1.54) is 35.7 Å². The second-order valence-electron chi connectivity index (χ2n) is 8.34. The Bertz CT molecular complexity index is 810. The predicted octanol–water partition coefficient (Wildman–Crippen LogP) is 6.60. The molecule has 0 atom stereocenters. The minimum Gasteiger partial charge on any atom is -0.494 e. The number of halogens is 2. The minimum absolute atomic E-state index is 0.123. The average Bonchev–Trinajstić information content (AvgIpc) is 2.79. The van der Waals surface area contributed by atoms with Crippen LogP contribution in [0.5, 0.6) is 11.5 Å². The standard InChI is InChI=1S/C25H33BrClNO2S/c1-25(2,21-7-10-24(23(26)19-21)30-15-3-11-27)20-5-8-22(9-6-20)29-16-4-12-28-13-17-31-18-14-28/h5-10,19H,3-4,11-18H2,1-2H3. The number of nitrogens with zero attached hydrogens (tertiary/aromatic N) is 1. The minimum atomic E-state index is -0.123. The molecule has 1 aliphatic rings. The van der Waals surface area contributed by atoms with E-state index in [2.05, 4.69) is 82.8 Å². The Balaban J connectivity index is 1.54. The van der Waals surface area contributed by atoms with E-state index in [9.17, 15) is 0 Å². The van der Waals surface area contributed by atoms with E-state index >= 15 is 0 Å². The molecule has 1 heterocycles. The first-order valence-corrected chi connectivity index (χ1v) is 13.5. The van der Waals surface area contributed by atoms with E-state index in [0.29, 0.717) is 12.5 Å². The molecule has 3 rings (SSSR count). The van der Waals surface area contributed by atoms with Gasteiger partial charge < -0.3 is 14.4 Å². The van der Waals surface area contributed by atoms with Gasteiger partial charge in [-0.25, -0.2) is 0 Å². The summed E-state index contributed by atoms with van der Waals surface area (Å²) in [7, 11) is 0. The fourth-order valence-corrected chi connectivity index (χ4v) is 5.26. The highest BCUT2D eigenvalue weighted by Gasteiger charge is 2.24. The third kappa shape index (κ3) is 7.31. The van der Waals surface area contributed by atoms with Crippen molar-refractivity contribution in [2.45, 2.75) is 32.1 Å². The zero-order chi connectivity index (χ0) is 22.1. The molecule has 170 valence electrons. The van der Waals surface area contributed by atoms with Crippen molar-refractivity contribution in [1.29, 1.82) is 0 Å². The Morgan fingerprint density at radius 3 is 2.32 bits per heavy atom. The lowest BCUT2D eigenvalue weighted by Gasteiger charge is -2.27. The molecular formula is C25H33BrClNO2S. The third-order valence-electron chi connectivity index (χ3n) is 5.76. The zero-order valence-electron chi connectivity index (χ0n) is 18.5. The molecule has 0 unspecified atom stereocenters. The van der Waals surface area contributed by atoms with Crippen molar-refractivity contribution in [1.82, 2.24) is 4.90 Å². The first-order valence-electron chi connectivity index (χ1n) is 11.0. The van der Waals surface area contributed by atoms with Gasteiger partial charge in [0.2, 0.25) is 0 Å². The van der Waals surface area contributed by atoms with Crippen molar-refractivity contribution in [2.75, 3.05) is 50.2 Å². The van der Waals surface area contributed by atoms with Crippen LogP contribution in [0.15, 0.2) is 46.9 Å². The highest BCUT2D eigenvalue weighted by atomic mass is 79.9. The van der Waals surface area contributed by atoms with Gasteiger partial charge in [-0.15, -0.1) is 11.6 Å². The molecule has 0 spiro atoms. The quantitative estimate of drug-likeness (QED) is 0.243. The van der Waals surface area contributed by atoms with Gasteiger partial charge >= 0.3 is 0 Å². The van der Waals surface area contributed by atoms with Gasteiger partial charge in [0.15, 0.2) is 0 Å². The fraction of sp³-hybridized carbons (Fsp3) is 0.520. The largest absolute Gasteiger partial charge is 0.494 e. The highest BCUT2D eigenvalue weighted by molar-refractivity contribution is 9.10. The number of hydrogen-bond acceptors (Lipinski definition) is 4. The highest BCUT2D eigenvalue weighted by Crippen LogP contribution is 2.36. The van der Waals surface area contributed by atoms with Crippen LogP contribution in [-0.2, 0) is 5.41 Å². The predicted molar refractivity (Wildman–Crippen MR) is 137 cm³/mol. The zero-order valence-corrected chi connectivity index (χ0v) is 21.7. The third-order valence-corrected chi connectivity index (χ3v) is 7.59. The molecule has 3 nitrogen and oxygen atoms in total. The van der Waals surface area contributed by atoms with Gasteiger partial charge in [-0.05, 0) is 64.2 Å². The average molecular weight is 527 g/mol. The molecule has 0 saturated carbocycles. The molecule has 2 aromatic carbocycles. The summed E-state index contributed by atoms with van der Waals surface area (Å²) < 4.78 is 12.8. The monoisotopic (exact) mass is 525 g/mol. The van der Waals surface area contributed by atoms with Gasteiger partial charge in [0, 0.05) is 42.4 Å². The van der Waals surface area contributed by atoms with Crippen LogP contribution in [0.2, 0.25) is 0 Å². The van der Waals surface area contributed by atoms with E-state index in [-0.39, 0.29) is 5.41 Å². The first-order chi connectivity index (χ1) is 15.0. The van der Waals surface area contributed by atoms with E-state index in [4.69, 9.17) is 21.1 Å². The van der Waals surface area contributed by atoms with Crippen molar-refractivity contribution < 1.29 is 9.47 Å². The van der Waals surface area contributed by atoms with Crippen LogP contribution in [-0.4, -0.2) is 55.1 Å². The van der Waals surface area contributed by atoms with Crippen LogP contribution in [0, 0.1) is 0 Å². The Hall–Kier alpha value is -0.880. The molecule has 1 aliphatic heterocycles. The van der Waals surface area contributed by atoms with Gasteiger partial charge in [-0.2, -0.15) is 11.8 Å². The molecule has 2 aromatic rings. The number of ether oxygens (including phenoxy) is 2. The second-order valence-corrected chi connectivity index (χ2v) is 10.8. The van der Waals surface area contributed by atoms with Crippen LogP contribution >= 0.6 is 39.3 Å². The summed E-state index contributed by atoms with van der Waals surface area (Å²) >= 11 is 11.4. The van der Waals surface area contributed by atoms with Crippen molar-refractivity contribution >= 4 is 39.3 Å². The molecule has 0 amide bonds. The molecule has 6 heteroatoms. The van der Waals surface area contributed by atoms with Crippen LogP contribution in [0.3, 0.4) is 0 Å². The topological polar surface area (TPSA) is 21.7 Å². The summed E-state index contributed by atoms with van der Waals surface area (Å²) in [5.41, 5.74) is 2.37. The molecule has 0 aliphatic carbocycles. The molecule has 1 fully saturated rings. The Kier molecular flexibility index (Phi) is 9.89. The maximum absolute atomic E-state index is 5.99. The van der Waals surface area contributed by atoms with Crippen LogP contribution in [0.25, 0.3) is 0 Å². The number of alkyl halides is 1.